The summed E-state index contributed by atoms with van der Waals surface area (Å²) in [4.78, 5) is 15.0. The molecule has 0 spiro atoms. The van der Waals surface area contributed by atoms with E-state index in [9.17, 15) is 9.90 Å². The van der Waals surface area contributed by atoms with Gasteiger partial charge in [0, 0.05) is 22.8 Å². The van der Waals surface area contributed by atoms with Crippen LogP contribution in [0.5, 0.6) is 5.75 Å². The molecule has 0 atom stereocenters. The van der Waals surface area contributed by atoms with Gasteiger partial charge in [0.05, 0.1) is 16.6 Å². The first-order valence-electron chi connectivity index (χ1n) is 10.8. The molecule has 5 rings (SSSR count). The zero-order valence-electron chi connectivity index (χ0n) is 18.1. The van der Waals surface area contributed by atoms with Crippen molar-refractivity contribution in [3.8, 4) is 16.9 Å². The first kappa shape index (κ1) is 21.3. The number of hydrogen-bond donors (Lipinski definition) is 2. The molecule has 4 aromatic carbocycles. The van der Waals surface area contributed by atoms with Crippen LogP contribution in [0.15, 0.2) is 83.3 Å². The van der Waals surface area contributed by atoms with Gasteiger partial charge in [0.25, 0.3) is 0 Å². The van der Waals surface area contributed by atoms with Crippen LogP contribution >= 0.6 is 15.9 Å². The van der Waals surface area contributed by atoms with Crippen LogP contribution in [0.3, 0.4) is 0 Å². The molecular formula is C28H22BrNO3. The van der Waals surface area contributed by atoms with E-state index in [0.717, 1.165) is 49.7 Å². The maximum atomic E-state index is 11.9. The highest BCUT2D eigenvalue weighted by Crippen LogP contribution is 2.38. The van der Waals surface area contributed by atoms with Gasteiger partial charge in [-0.05, 0) is 51.0 Å². The van der Waals surface area contributed by atoms with Gasteiger partial charge in [-0.2, -0.15) is 0 Å². The second kappa shape index (κ2) is 8.75. The number of aromatic carboxylic acids is 1. The second-order valence-electron chi connectivity index (χ2n) is 8.03. The number of aromatic amines is 1. The predicted molar refractivity (Wildman–Crippen MR) is 136 cm³/mol. The number of aromatic nitrogens is 1. The normalized spacial score (nSPS) is 11.2. The number of benzene rings is 4. The average molecular weight is 500 g/mol. The molecule has 1 heterocycles. The summed E-state index contributed by atoms with van der Waals surface area (Å²) in [7, 11) is 0. The van der Waals surface area contributed by atoms with Crippen LogP contribution in [0.25, 0.3) is 32.8 Å². The van der Waals surface area contributed by atoms with Gasteiger partial charge in [-0.3, -0.25) is 0 Å². The maximum absolute atomic E-state index is 11.9. The quantitative estimate of drug-likeness (QED) is 0.256. The summed E-state index contributed by atoms with van der Waals surface area (Å²) in [6, 6.07) is 26.4. The van der Waals surface area contributed by atoms with Crippen LogP contribution in [0.4, 0.5) is 0 Å². The molecule has 5 aromatic rings. The Kier molecular flexibility index (Phi) is 5.65. The summed E-state index contributed by atoms with van der Waals surface area (Å²) >= 11 is 3.55. The maximum Gasteiger partial charge on any atom is 0.353 e. The first-order valence-corrected chi connectivity index (χ1v) is 11.6. The van der Waals surface area contributed by atoms with Crippen LogP contribution < -0.4 is 4.74 Å². The highest BCUT2D eigenvalue weighted by atomic mass is 79.9. The monoisotopic (exact) mass is 499 g/mol. The molecule has 0 aliphatic heterocycles. The summed E-state index contributed by atoms with van der Waals surface area (Å²) in [5, 5.41) is 12.8. The Labute approximate surface area is 200 Å². The lowest BCUT2D eigenvalue weighted by Crippen LogP contribution is -2.02. The average Bonchev–Trinajstić information content (AvgIpc) is 3.18. The zero-order valence-corrected chi connectivity index (χ0v) is 19.6. The van der Waals surface area contributed by atoms with E-state index in [-0.39, 0.29) is 5.69 Å². The minimum absolute atomic E-state index is 0.155. The predicted octanol–water partition coefficient (Wildman–Crippen LogP) is 7.38. The molecule has 4 nitrogen and oxygen atoms in total. The molecule has 33 heavy (non-hydrogen) atoms. The van der Waals surface area contributed by atoms with E-state index in [4.69, 9.17) is 4.74 Å². The Bertz CT molecular complexity index is 1500. The lowest BCUT2D eigenvalue weighted by atomic mass is 9.96. The van der Waals surface area contributed by atoms with E-state index in [2.05, 4.69) is 70.3 Å². The fourth-order valence-corrected chi connectivity index (χ4v) is 5.10. The summed E-state index contributed by atoms with van der Waals surface area (Å²) in [6.07, 6.45) is 0.642. The Balaban J connectivity index is 1.53. The van der Waals surface area contributed by atoms with Crippen LogP contribution in [-0.4, -0.2) is 22.7 Å². The Morgan fingerprint density at radius 2 is 1.70 bits per heavy atom. The summed E-state index contributed by atoms with van der Waals surface area (Å²) in [5.74, 6) is -0.146. The number of carbonyl (C=O) groups is 1. The molecule has 164 valence electrons. The second-order valence-corrected chi connectivity index (χ2v) is 8.83. The van der Waals surface area contributed by atoms with Crippen molar-refractivity contribution < 1.29 is 14.6 Å². The fourth-order valence-electron chi connectivity index (χ4n) is 4.38. The number of hydrogen-bond acceptors (Lipinski definition) is 2. The molecule has 0 fully saturated rings. The first-order chi connectivity index (χ1) is 16.0. The number of carboxylic acids is 1. The van der Waals surface area contributed by atoms with Gasteiger partial charge in [0.15, 0.2) is 0 Å². The van der Waals surface area contributed by atoms with E-state index in [1.54, 1.807) is 0 Å². The van der Waals surface area contributed by atoms with Gasteiger partial charge in [-0.15, -0.1) is 0 Å². The van der Waals surface area contributed by atoms with Crippen LogP contribution in [0, 0.1) is 6.92 Å². The number of fused-ring (bicyclic) bond motifs is 2. The molecule has 0 aliphatic carbocycles. The third-order valence-corrected chi connectivity index (χ3v) is 6.80. The highest BCUT2D eigenvalue weighted by molar-refractivity contribution is 9.10. The molecule has 5 heteroatoms. The summed E-state index contributed by atoms with van der Waals surface area (Å²) in [5.41, 5.74) is 5.19. The van der Waals surface area contributed by atoms with E-state index >= 15 is 0 Å². The number of rotatable bonds is 6. The van der Waals surface area contributed by atoms with Crippen molar-refractivity contribution >= 4 is 43.6 Å². The molecule has 0 aliphatic rings. The number of carboxylic acid groups (broad SMARTS) is 1. The molecule has 0 radical (unpaired) electrons. The number of halogens is 1. The Hall–Kier alpha value is -3.57. The van der Waals surface area contributed by atoms with Crippen molar-refractivity contribution in [3.63, 3.8) is 0 Å². The third kappa shape index (κ3) is 3.89. The third-order valence-electron chi connectivity index (χ3n) is 6.01. The van der Waals surface area contributed by atoms with Gasteiger partial charge in [-0.25, -0.2) is 4.79 Å². The fraction of sp³-hybridized carbons (Fsp3) is 0.107. The van der Waals surface area contributed by atoms with E-state index in [1.807, 2.05) is 36.4 Å². The molecule has 0 saturated heterocycles. The zero-order chi connectivity index (χ0) is 22.9. The molecule has 2 N–H and O–H groups in total. The number of nitrogens with one attached hydrogen (secondary N) is 1. The van der Waals surface area contributed by atoms with E-state index in [0.29, 0.717) is 17.5 Å². The van der Waals surface area contributed by atoms with E-state index < -0.39 is 5.97 Å². The van der Waals surface area contributed by atoms with Crippen LogP contribution in [0.2, 0.25) is 0 Å². The van der Waals surface area contributed by atoms with Crippen molar-refractivity contribution in [2.24, 2.45) is 0 Å². The smallest absolute Gasteiger partial charge is 0.353 e. The molecule has 0 amide bonds. The number of ether oxygens (including phenoxy) is 1. The highest BCUT2D eigenvalue weighted by Gasteiger charge is 2.21. The molecule has 1 aromatic heterocycles. The number of H-pyrrole nitrogens is 1. The van der Waals surface area contributed by atoms with Crippen molar-refractivity contribution in [3.05, 3.63) is 100 Å². The topological polar surface area (TPSA) is 62.3 Å². The SMILES string of the molecule is Cc1ccccc1-c1ccc(CCOc2cccc3ccccc23)c2c(Br)c(C(=O)O)[nH]c12. The Morgan fingerprint density at radius 1 is 0.939 bits per heavy atom. The van der Waals surface area contributed by atoms with Crippen LogP contribution in [0.1, 0.15) is 21.6 Å². The minimum Gasteiger partial charge on any atom is -0.493 e. The van der Waals surface area contributed by atoms with Crippen molar-refractivity contribution in [2.75, 3.05) is 6.61 Å². The van der Waals surface area contributed by atoms with Gasteiger partial charge in [-0.1, -0.05) is 72.8 Å². The minimum atomic E-state index is -0.994. The lowest BCUT2D eigenvalue weighted by Gasteiger charge is -2.12. The summed E-state index contributed by atoms with van der Waals surface area (Å²) in [6.45, 7) is 2.54. The van der Waals surface area contributed by atoms with Gasteiger partial charge < -0.3 is 14.8 Å². The largest absolute Gasteiger partial charge is 0.493 e. The molecule has 0 saturated carbocycles. The summed E-state index contributed by atoms with van der Waals surface area (Å²) < 4.78 is 6.73. The van der Waals surface area contributed by atoms with Gasteiger partial charge in [0.2, 0.25) is 0 Å². The van der Waals surface area contributed by atoms with Crippen molar-refractivity contribution in [1.29, 1.82) is 0 Å². The van der Waals surface area contributed by atoms with Crippen molar-refractivity contribution in [2.45, 2.75) is 13.3 Å². The standard InChI is InChI=1S/C28H22BrNO3/c1-17-7-2-4-10-20(17)22-14-13-19(24-25(29)27(28(31)32)30-26(22)24)15-16-33-23-12-6-9-18-8-3-5-11-21(18)23/h2-14,30H,15-16H2,1H3,(H,31,32). The Morgan fingerprint density at radius 3 is 2.52 bits per heavy atom. The van der Waals surface area contributed by atoms with E-state index in [1.165, 1.54) is 0 Å². The van der Waals surface area contributed by atoms with Gasteiger partial charge >= 0.3 is 5.97 Å². The number of aryl methyl sites for hydroxylation is 1. The molecule has 0 bridgehead atoms. The van der Waals surface area contributed by atoms with Crippen molar-refractivity contribution in [1.82, 2.24) is 4.98 Å². The molecular weight excluding hydrogens is 478 g/mol. The van der Waals surface area contributed by atoms with Gasteiger partial charge in [0.1, 0.15) is 11.4 Å². The lowest BCUT2D eigenvalue weighted by molar-refractivity contribution is 0.0690. The van der Waals surface area contributed by atoms with Crippen LogP contribution in [-0.2, 0) is 6.42 Å². The molecule has 0 unspecified atom stereocenters.